The number of carbonyl (C=O) groups is 1. The smallest absolute Gasteiger partial charge is 0.342 e. The van der Waals surface area contributed by atoms with Gasteiger partial charge in [0.15, 0.2) is 0 Å². The Morgan fingerprint density at radius 2 is 2.30 bits per heavy atom. The van der Waals surface area contributed by atoms with Crippen molar-refractivity contribution in [1.82, 2.24) is 0 Å². The molecule has 1 aliphatic rings. The highest BCUT2D eigenvalue weighted by Crippen LogP contribution is 2.22. The van der Waals surface area contributed by atoms with Crippen LogP contribution in [0.15, 0.2) is 18.2 Å². The first kappa shape index (κ1) is 14.2. The lowest BCUT2D eigenvalue weighted by molar-refractivity contribution is -0.385. The Morgan fingerprint density at radius 1 is 1.50 bits per heavy atom. The van der Waals surface area contributed by atoms with E-state index in [1.54, 1.807) is 0 Å². The third-order valence-corrected chi connectivity index (χ3v) is 2.84. The molecule has 0 aliphatic carbocycles. The Labute approximate surface area is 114 Å². The van der Waals surface area contributed by atoms with Gasteiger partial charge in [0.05, 0.1) is 30.8 Å². The number of rotatable bonds is 5. The number of aromatic carboxylic acids is 1. The number of hydrogen-bond donors (Lipinski definition) is 2. The van der Waals surface area contributed by atoms with Gasteiger partial charge in [0.2, 0.25) is 0 Å². The van der Waals surface area contributed by atoms with Crippen LogP contribution >= 0.6 is 0 Å². The zero-order valence-corrected chi connectivity index (χ0v) is 10.6. The minimum absolute atomic E-state index is 0.118. The zero-order valence-electron chi connectivity index (χ0n) is 10.6. The highest BCUT2D eigenvalue weighted by Gasteiger charge is 2.20. The van der Waals surface area contributed by atoms with E-state index in [1.807, 2.05) is 0 Å². The van der Waals surface area contributed by atoms with Crippen LogP contribution in [0.25, 0.3) is 0 Å². The lowest BCUT2D eigenvalue weighted by Crippen LogP contribution is -2.34. The minimum atomic E-state index is -1.34. The van der Waals surface area contributed by atoms with E-state index in [2.05, 4.69) is 5.32 Å². The first-order valence-corrected chi connectivity index (χ1v) is 6.03. The number of nitrogens with zero attached hydrogens (tertiary/aromatic N) is 1. The van der Waals surface area contributed by atoms with E-state index < -0.39 is 16.6 Å². The quantitative estimate of drug-likeness (QED) is 0.614. The first-order chi connectivity index (χ1) is 9.58. The van der Waals surface area contributed by atoms with Gasteiger partial charge in [-0.1, -0.05) is 0 Å². The van der Waals surface area contributed by atoms with Crippen LogP contribution in [0.3, 0.4) is 0 Å². The molecule has 0 radical (unpaired) electrons. The van der Waals surface area contributed by atoms with Gasteiger partial charge in [0.1, 0.15) is 5.56 Å². The molecule has 1 aliphatic heterocycles. The van der Waals surface area contributed by atoms with Crippen LogP contribution in [0, 0.1) is 10.1 Å². The molecule has 2 rings (SSSR count). The Morgan fingerprint density at radius 3 is 2.90 bits per heavy atom. The lowest BCUT2D eigenvalue weighted by atomic mass is 10.1. The molecule has 1 fully saturated rings. The van der Waals surface area contributed by atoms with Gasteiger partial charge in [0, 0.05) is 18.3 Å². The SMILES string of the molecule is O=C(O)c1cc(NCC2COCCO2)ccc1[N+](=O)[O-]. The Bertz CT molecular complexity index is 513. The van der Waals surface area contributed by atoms with Gasteiger partial charge in [0.25, 0.3) is 5.69 Å². The second-order valence-electron chi connectivity index (χ2n) is 4.24. The molecule has 0 saturated carbocycles. The zero-order chi connectivity index (χ0) is 14.5. The predicted octanol–water partition coefficient (Wildman–Crippen LogP) is 1.12. The van der Waals surface area contributed by atoms with Crippen LogP contribution in [0.5, 0.6) is 0 Å². The number of hydrogen-bond acceptors (Lipinski definition) is 6. The van der Waals surface area contributed by atoms with Crippen LogP contribution in [0.4, 0.5) is 11.4 Å². The largest absolute Gasteiger partial charge is 0.477 e. The van der Waals surface area contributed by atoms with Crippen molar-refractivity contribution < 1.29 is 24.3 Å². The van der Waals surface area contributed by atoms with Gasteiger partial charge in [-0.3, -0.25) is 10.1 Å². The molecule has 1 aromatic rings. The van der Waals surface area contributed by atoms with Crippen molar-refractivity contribution in [1.29, 1.82) is 0 Å². The molecule has 1 unspecified atom stereocenters. The van der Waals surface area contributed by atoms with Crippen LogP contribution in [0.1, 0.15) is 10.4 Å². The minimum Gasteiger partial charge on any atom is -0.477 e. The molecule has 0 aromatic heterocycles. The van der Waals surface area contributed by atoms with Crippen molar-refractivity contribution in [3.8, 4) is 0 Å². The molecule has 20 heavy (non-hydrogen) atoms. The molecule has 1 aromatic carbocycles. The van der Waals surface area contributed by atoms with E-state index in [1.165, 1.54) is 18.2 Å². The third kappa shape index (κ3) is 3.43. The first-order valence-electron chi connectivity index (χ1n) is 6.03. The van der Waals surface area contributed by atoms with E-state index in [0.717, 1.165) is 0 Å². The van der Waals surface area contributed by atoms with E-state index >= 15 is 0 Å². The number of nitrogens with one attached hydrogen (secondary N) is 1. The standard InChI is InChI=1S/C12H14N2O6/c15-12(16)10-5-8(1-2-11(10)14(17)18)13-6-9-7-19-3-4-20-9/h1-2,5,9,13H,3-4,6-7H2,(H,15,16). The molecule has 8 nitrogen and oxygen atoms in total. The number of benzene rings is 1. The summed E-state index contributed by atoms with van der Waals surface area (Å²) >= 11 is 0. The summed E-state index contributed by atoms with van der Waals surface area (Å²) in [5.74, 6) is -1.34. The third-order valence-electron chi connectivity index (χ3n) is 2.84. The van der Waals surface area contributed by atoms with Crippen molar-refractivity contribution in [3.63, 3.8) is 0 Å². The summed E-state index contributed by atoms with van der Waals surface area (Å²) in [7, 11) is 0. The molecule has 1 heterocycles. The van der Waals surface area contributed by atoms with Crippen molar-refractivity contribution >= 4 is 17.3 Å². The summed E-state index contributed by atoms with van der Waals surface area (Å²) < 4.78 is 10.7. The van der Waals surface area contributed by atoms with Crippen molar-refractivity contribution in [3.05, 3.63) is 33.9 Å². The predicted molar refractivity (Wildman–Crippen MR) is 69.1 cm³/mol. The van der Waals surface area contributed by atoms with E-state index in [-0.39, 0.29) is 11.7 Å². The Balaban J connectivity index is 2.06. The van der Waals surface area contributed by atoms with Crippen molar-refractivity contribution in [2.24, 2.45) is 0 Å². The van der Waals surface area contributed by atoms with Gasteiger partial charge >= 0.3 is 5.97 Å². The maximum absolute atomic E-state index is 11.0. The summed E-state index contributed by atoms with van der Waals surface area (Å²) in [6.07, 6.45) is -0.118. The summed E-state index contributed by atoms with van der Waals surface area (Å²) in [6, 6.07) is 3.88. The summed E-state index contributed by atoms with van der Waals surface area (Å²) in [5, 5.41) is 22.7. The second-order valence-corrected chi connectivity index (χ2v) is 4.24. The lowest BCUT2D eigenvalue weighted by Gasteiger charge is -2.23. The molecule has 1 atom stereocenters. The van der Waals surface area contributed by atoms with E-state index in [4.69, 9.17) is 14.6 Å². The fourth-order valence-corrected chi connectivity index (χ4v) is 1.86. The Hall–Kier alpha value is -2.19. The average molecular weight is 282 g/mol. The maximum Gasteiger partial charge on any atom is 0.342 e. The highest BCUT2D eigenvalue weighted by molar-refractivity contribution is 5.93. The number of nitro groups is 1. The number of anilines is 1. The van der Waals surface area contributed by atoms with Crippen molar-refractivity contribution in [2.75, 3.05) is 31.7 Å². The normalized spacial score (nSPS) is 18.5. The maximum atomic E-state index is 11.0. The number of nitro benzene ring substituents is 1. The van der Waals surface area contributed by atoms with E-state index in [0.29, 0.717) is 32.1 Å². The molecule has 108 valence electrons. The number of ether oxygens (including phenoxy) is 2. The van der Waals surface area contributed by atoms with Crippen molar-refractivity contribution in [2.45, 2.75) is 6.10 Å². The van der Waals surface area contributed by atoms with Crippen LogP contribution < -0.4 is 5.32 Å². The molecule has 0 bridgehead atoms. The summed E-state index contributed by atoms with van der Waals surface area (Å²) in [5.41, 5.74) is -0.289. The summed E-state index contributed by atoms with van der Waals surface area (Å²) in [6.45, 7) is 1.99. The fraction of sp³-hybridized carbons (Fsp3) is 0.417. The highest BCUT2D eigenvalue weighted by atomic mass is 16.6. The topological polar surface area (TPSA) is 111 Å². The van der Waals surface area contributed by atoms with Gasteiger partial charge in [-0.05, 0) is 12.1 Å². The average Bonchev–Trinajstić information content (AvgIpc) is 2.45. The van der Waals surface area contributed by atoms with Crippen LogP contribution in [0.2, 0.25) is 0 Å². The fourth-order valence-electron chi connectivity index (χ4n) is 1.86. The number of carboxylic acid groups (broad SMARTS) is 1. The molecule has 8 heteroatoms. The van der Waals surface area contributed by atoms with Gasteiger partial charge in [-0.15, -0.1) is 0 Å². The molecule has 1 saturated heterocycles. The second kappa shape index (κ2) is 6.31. The van der Waals surface area contributed by atoms with Gasteiger partial charge in [-0.25, -0.2) is 4.79 Å². The summed E-state index contributed by atoms with van der Waals surface area (Å²) in [4.78, 5) is 21.0. The molecular formula is C12H14N2O6. The van der Waals surface area contributed by atoms with Gasteiger partial charge < -0.3 is 19.9 Å². The van der Waals surface area contributed by atoms with Gasteiger partial charge in [-0.2, -0.15) is 0 Å². The molecular weight excluding hydrogens is 268 g/mol. The monoisotopic (exact) mass is 282 g/mol. The van der Waals surface area contributed by atoms with Crippen LogP contribution in [-0.2, 0) is 9.47 Å². The molecule has 0 spiro atoms. The Kier molecular flexibility index (Phi) is 4.49. The number of carboxylic acids is 1. The van der Waals surface area contributed by atoms with Crippen LogP contribution in [-0.4, -0.2) is 48.5 Å². The van der Waals surface area contributed by atoms with E-state index in [9.17, 15) is 14.9 Å². The molecule has 2 N–H and O–H groups in total. The molecule has 0 amide bonds.